The third kappa shape index (κ3) is 7.44. The number of carbonyl (C=O) groups is 2. The quantitative estimate of drug-likeness (QED) is 0.379. The topological polar surface area (TPSA) is 116 Å². The molecule has 0 saturated carbocycles. The maximum atomic E-state index is 13.0. The Hall–Kier alpha value is -4.11. The number of pyridine rings is 1. The number of rotatable bonds is 12. The molecule has 0 aliphatic rings. The summed E-state index contributed by atoms with van der Waals surface area (Å²) < 4.78 is 22.7. The number of hydrogen-bond acceptors (Lipinski definition) is 7. The highest BCUT2D eigenvalue weighted by atomic mass is 16.5. The van der Waals surface area contributed by atoms with E-state index in [-0.39, 0.29) is 23.6 Å². The number of anilines is 1. The van der Waals surface area contributed by atoms with Crippen molar-refractivity contribution in [2.24, 2.45) is 0 Å². The Labute approximate surface area is 210 Å². The number of benzene rings is 2. The monoisotopic (exact) mass is 494 g/mol. The van der Waals surface area contributed by atoms with Crippen LogP contribution in [0, 0.1) is 0 Å². The van der Waals surface area contributed by atoms with E-state index in [0.717, 1.165) is 11.3 Å². The molecule has 0 aliphatic heterocycles. The van der Waals surface area contributed by atoms with E-state index in [1.165, 1.54) is 18.3 Å². The van der Waals surface area contributed by atoms with Gasteiger partial charge in [0.2, 0.25) is 0 Å². The molecule has 2 aromatic carbocycles. The fourth-order valence-electron chi connectivity index (χ4n) is 3.58. The minimum absolute atomic E-state index is 0.0234. The van der Waals surface area contributed by atoms with Crippen molar-refractivity contribution in [1.82, 2.24) is 4.98 Å². The summed E-state index contributed by atoms with van der Waals surface area (Å²) in [5.74, 6) is 0.354. The maximum absolute atomic E-state index is 13.0. The number of carboxylic acid groups (broad SMARTS) is 1. The van der Waals surface area contributed by atoms with Crippen LogP contribution in [0.25, 0.3) is 0 Å². The highest BCUT2D eigenvalue weighted by molar-refractivity contribution is 6.04. The summed E-state index contributed by atoms with van der Waals surface area (Å²) in [7, 11) is 3.21. The molecule has 3 rings (SSSR count). The highest BCUT2D eigenvalue weighted by Crippen LogP contribution is 2.27. The third-order valence-electron chi connectivity index (χ3n) is 5.17. The van der Waals surface area contributed by atoms with Gasteiger partial charge in [0.25, 0.3) is 5.91 Å². The molecule has 0 aliphatic carbocycles. The van der Waals surface area contributed by atoms with Gasteiger partial charge in [0, 0.05) is 31.4 Å². The number of aromatic nitrogens is 1. The predicted molar refractivity (Wildman–Crippen MR) is 134 cm³/mol. The molecule has 1 amide bonds. The number of aromatic carboxylic acids is 1. The molecule has 1 heterocycles. The number of para-hydroxylation sites is 1. The predicted octanol–water partition coefficient (Wildman–Crippen LogP) is 4.46. The van der Waals surface area contributed by atoms with Crippen molar-refractivity contribution in [2.75, 3.05) is 26.1 Å². The molecule has 0 spiro atoms. The second kappa shape index (κ2) is 12.6. The van der Waals surface area contributed by atoms with Crippen LogP contribution in [0.3, 0.4) is 0 Å². The van der Waals surface area contributed by atoms with Crippen LogP contribution in [0.5, 0.6) is 17.2 Å². The van der Waals surface area contributed by atoms with E-state index in [2.05, 4.69) is 10.3 Å². The lowest BCUT2D eigenvalue weighted by molar-refractivity contribution is 0.0696. The molecule has 9 heteroatoms. The third-order valence-corrected chi connectivity index (χ3v) is 5.17. The average Bonchev–Trinajstić information content (AvgIpc) is 2.84. The van der Waals surface area contributed by atoms with E-state index >= 15 is 0 Å². The van der Waals surface area contributed by atoms with Crippen molar-refractivity contribution in [3.63, 3.8) is 0 Å². The molecule has 0 saturated heterocycles. The average molecular weight is 495 g/mol. The van der Waals surface area contributed by atoms with Crippen LogP contribution in [0.1, 0.15) is 40.1 Å². The van der Waals surface area contributed by atoms with Crippen molar-refractivity contribution in [2.45, 2.75) is 32.5 Å². The fourth-order valence-corrected chi connectivity index (χ4v) is 3.58. The zero-order chi connectivity index (χ0) is 26.1. The lowest BCUT2D eigenvalue weighted by Crippen LogP contribution is -2.20. The van der Waals surface area contributed by atoms with E-state index in [0.29, 0.717) is 30.1 Å². The number of nitrogens with zero attached hydrogens (tertiary/aromatic N) is 1. The number of methoxy groups -OCH3 is 2. The number of ether oxygens (including phenoxy) is 4. The Kier molecular flexibility index (Phi) is 9.24. The van der Waals surface area contributed by atoms with Gasteiger partial charge in [-0.25, -0.2) is 9.78 Å². The van der Waals surface area contributed by atoms with Gasteiger partial charge < -0.3 is 29.4 Å². The van der Waals surface area contributed by atoms with Crippen LogP contribution >= 0.6 is 0 Å². The van der Waals surface area contributed by atoms with E-state index in [1.807, 2.05) is 38.1 Å². The Morgan fingerprint density at radius 2 is 1.64 bits per heavy atom. The van der Waals surface area contributed by atoms with E-state index < -0.39 is 11.9 Å². The maximum Gasteiger partial charge on any atom is 0.337 e. The van der Waals surface area contributed by atoms with Crippen LogP contribution in [0.15, 0.2) is 60.8 Å². The number of carboxylic acids is 1. The van der Waals surface area contributed by atoms with Crippen LogP contribution in [0.4, 0.5) is 5.82 Å². The van der Waals surface area contributed by atoms with Gasteiger partial charge in [-0.2, -0.15) is 0 Å². The smallest absolute Gasteiger partial charge is 0.337 e. The van der Waals surface area contributed by atoms with Gasteiger partial charge in [0.05, 0.1) is 19.3 Å². The van der Waals surface area contributed by atoms with Crippen LogP contribution in [0.2, 0.25) is 0 Å². The van der Waals surface area contributed by atoms with E-state index in [4.69, 9.17) is 24.1 Å². The lowest BCUT2D eigenvalue weighted by Gasteiger charge is -2.19. The first-order valence-corrected chi connectivity index (χ1v) is 11.4. The van der Waals surface area contributed by atoms with Gasteiger partial charge >= 0.3 is 5.97 Å². The van der Waals surface area contributed by atoms with Crippen molar-refractivity contribution in [3.8, 4) is 17.2 Å². The zero-order valence-electron chi connectivity index (χ0n) is 20.7. The summed E-state index contributed by atoms with van der Waals surface area (Å²) in [6.45, 7) is 4.16. The van der Waals surface area contributed by atoms with Crippen molar-refractivity contribution < 1.29 is 33.6 Å². The van der Waals surface area contributed by atoms with E-state index in [1.54, 1.807) is 32.4 Å². The number of carbonyl (C=O) groups excluding carboxylic acids is 1. The standard InChI is InChI=1S/C27H30N2O7/c1-17(11-19-7-5-6-8-24(19)34-4)35-22-12-21(13-23(14-22)36-18(2)16-33-3)26(30)29-25-10-9-20(15-28-25)27(31)32/h5-10,12-15,17-18H,11,16H2,1-4H3,(H,31,32)(H,28,29,30)/t17-,18-/m0/s1. The molecular weight excluding hydrogens is 464 g/mol. The Balaban J connectivity index is 1.81. The second-order valence-electron chi connectivity index (χ2n) is 8.21. The SMILES string of the molecule is COC[C@H](C)Oc1cc(O[C@@H](C)Cc2ccccc2OC)cc(C(=O)Nc2ccc(C(=O)O)cn2)c1. The summed E-state index contributed by atoms with van der Waals surface area (Å²) in [5, 5.41) is 11.7. The molecule has 2 N–H and O–H groups in total. The van der Waals surface area contributed by atoms with Crippen molar-refractivity contribution in [1.29, 1.82) is 0 Å². The van der Waals surface area contributed by atoms with Gasteiger partial charge in [-0.15, -0.1) is 0 Å². The molecule has 1 aromatic heterocycles. The summed E-state index contributed by atoms with van der Waals surface area (Å²) in [6.07, 6.45) is 1.29. The van der Waals surface area contributed by atoms with Crippen LogP contribution in [-0.2, 0) is 11.2 Å². The molecule has 0 radical (unpaired) electrons. The normalized spacial score (nSPS) is 12.3. The van der Waals surface area contributed by atoms with Crippen LogP contribution < -0.4 is 19.5 Å². The fraction of sp³-hybridized carbons (Fsp3) is 0.296. The lowest BCUT2D eigenvalue weighted by atomic mass is 10.1. The second-order valence-corrected chi connectivity index (χ2v) is 8.21. The zero-order valence-corrected chi connectivity index (χ0v) is 20.7. The summed E-state index contributed by atoms with van der Waals surface area (Å²) in [5.41, 5.74) is 1.32. The summed E-state index contributed by atoms with van der Waals surface area (Å²) in [6, 6.07) is 15.5. The summed E-state index contributed by atoms with van der Waals surface area (Å²) >= 11 is 0. The minimum Gasteiger partial charge on any atom is -0.496 e. The highest BCUT2D eigenvalue weighted by Gasteiger charge is 2.16. The Morgan fingerprint density at radius 1 is 0.944 bits per heavy atom. The number of nitrogens with one attached hydrogen (secondary N) is 1. The number of hydrogen-bond donors (Lipinski definition) is 2. The first-order chi connectivity index (χ1) is 17.3. The van der Waals surface area contributed by atoms with Crippen molar-refractivity contribution >= 4 is 17.7 Å². The molecule has 0 unspecified atom stereocenters. The van der Waals surface area contributed by atoms with Crippen molar-refractivity contribution in [3.05, 3.63) is 77.5 Å². The largest absolute Gasteiger partial charge is 0.496 e. The van der Waals surface area contributed by atoms with E-state index in [9.17, 15) is 9.59 Å². The summed E-state index contributed by atoms with van der Waals surface area (Å²) in [4.78, 5) is 28.0. The number of amides is 1. The molecule has 190 valence electrons. The van der Waals surface area contributed by atoms with Gasteiger partial charge in [-0.1, -0.05) is 18.2 Å². The van der Waals surface area contributed by atoms with Gasteiger partial charge in [-0.3, -0.25) is 4.79 Å². The molecule has 0 bridgehead atoms. The van der Waals surface area contributed by atoms with Crippen LogP contribution in [-0.4, -0.2) is 55.0 Å². The van der Waals surface area contributed by atoms with Gasteiger partial charge in [0.15, 0.2) is 0 Å². The Morgan fingerprint density at radius 3 is 2.25 bits per heavy atom. The molecule has 2 atom stereocenters. The molecule has 9 nitrogen and oxygen atoms in total. The van der Waals surface area contributed by atoms with Gasteiger partial charge in [-0.05, 0) is 49.7 Å². The minimum atomic E-state index is -1.10. The first-order valence-electron chi connectivity index (χ1n) is 11.4. The first kappa shape index (κ1) is 26.5. The van der Waals surface area contributed by atoms with Gasteiger partial charge in [0.1, 0.15) is 35.3 Å². The molecular formula is C27H30N2O7. The molecule has 0 fully saturated rings. The molecule has 36 heavy (non-hydrogen) atoms. The Bertz CT molecular complexity index is 1180. The molecule has 3 aromatic rings.